The monoisotopic (exact) mass is 275 g/mol. The van der Waals surface area contributed by atoms with Gasteiger partial charge in [-0.25, -0.2) is 4.39 Å². The van der Waals surface area contributed by atoms with E-state index in [1.807, 2.05) is 17.9 Å². The molecule has 20 heavy (non-hydrogen) atoms. The summed E-state index contributed by atoms with van der Waals surface area (Å²) >= 11 is 0. The summed E-state index contributed by atoms with van der Waals surface area (Å²) in [6.07, 6.45) is 5.19. The highest BCUT2D eigenvalue weighted by Crippen LogP contribution is 2.29. The van der Waals surface area contributed by atoms with Gasteiger partial charge in [0.05, 0.1) is 6.20 Å². The lowest BCUT2D eigenvalue weighted by Crippen LogP contribution is -2.24. The van der Waals surface area contributed by atoms with Crippen molar-refractivity contribution in [2.75, 3.05) is 0 Å². The second kappa shape index (κ2) is 5.25. The number of nitrogens with zero attached hydrogens (tertiary/aromatic N) is 2. The molecule has 2 aromatic rings. The Hall–Kier alpha value is -1.88. The first kappa shape index (κ1) is 13.1. The number of fused-ring (bicyclic) bond motifs is 1. The van der Waals surface area contributed by atoms with Crippen LogP contribution in [0.3, 0.4) is 0 Å². The van der Waals surface area contributed by atoms with Gasteiger partial charge in [-0.05, 0) is 37.0 Å². The summed E-state index contributed by atoms with van der Waals surface area (Å²) in [5.74, 6) is -0.879. The van der Waals surface area contributed by atoms with Gasteiger partial charge in [0.25, 0.3) is 0 Å². The Balaban J connectivity index is 1.71. The Kier molecular flexibility index (Phi) is 3.44. The molecule has 0 fully saturated rings. The molecule has 0 saturated carbocycles. The van der Waals surface area contributed by atoms with Gasteiger partial charge in [-0.1, -0.05) is 6.07 Å². The second-order valence-electron chi connectivity index (χ2n) is 5.28. The third-order valence-electron chi connectivity index (χ3n) is 3.94. The molecule has 1 aromatic heterocycles. The molecule has 1 aliphatic carbocycles. The van der Waals surface area contributed by atoms with Gasteiger partial charge in [0.15, 0.2) is 11.6 Å². The van der Waals surface area contributed by atoms with Gasteiger partial charge in [0.1, 0.15) is 0 Å². The molecule has 0 saturated heterocycles. The van der Waals surface area contributed by atoms with Crippen LogP contribution in [0.4, 0.5) is 4.39 Å². The maximum absolute atomic E-state index is 13.3. The van der Waals surface area contributed by atoms with Crippen molar-refractivity contribution >= 4 is 0 Å². The summed E-state index contributed by atoms with van der Waals surface area (Å²) in [4.78, 5) is 0. The predicted molar refractivity (Wildman–Crippen MR) is 73.8 cm³/mol. The highest BCUT2D eigenvalue weighted by molar-refractivity contribution is 5.29. The van der Waals surface area contributed by atoms with E-state index in [2.05, 4.69) is 10.4 Å². The number of aromatic nitrogens is 2. The summed E-state index contributed by atoms with van der Waals surface area (Å²) < 4.78 is 15.2. The summed E-state index contributed by atoms with van der Waals surface area (Å²) in [5.41, 5.74) is 3.36. The van der Waals surface area contributed by atoms with E-state index in [0.29, 0.717) is 6.54 Å². The van der Waals surface area contributed by atoms with Crippen LogP contribution in [-0.4, -0.2) is 14.9 Å². The lowest BCUT2D eigenvalue weighted by atomic mass is 9.93. The molecule has 1 unspecified atom stereocenters. The van der Waals surface area contributed by atoms with Crippen molar-refractivity contribution in [3.8, 4) is 5.75 Å². The van der Waals surface area contributed by atoms with Crippen LogP contribution in [0.2, 0.25) is 0 Å². The van der Waals surface area contributed by atoms with Gasteiger partial charge >= 0.3 is 0 Å². The Morgan fingerprint density at radius 1 is 1.50 bits per heavy atom. The maximum atomic E-state index is 13.3. The van der Waals surface area contributed by atoms with Crippen LogP contribution < -0.4 is 5.32 Å². The van der Waals surface area contributed by atoms with Crippen molar-refractivity contribution in [2.24, 2.45) is 7.05 Å². The first-order chi connectivity index (χ1) is 9.65. The zero-order chi connectivity index (χ0) is 14.1. The second-order valence-corrected chi connectivity index (χ2v) is 5.28. The Morgan fingerprint density at radius 3 is 3.15 bits per heavy atom. The van der Waals surface area contributed by atoms with E-state index < -0.39 is 5.82 Å². The normalized spacial score (nSPS) is 18.0. The zero-order valence-electron chi connectivity index (χ0n) is 11.4. The molecule has 0 aliphatic heterocycles. The number of rotatable bonds is 3. The molecule has 2 N–H and O–H groups in total. The van der Waals surface area contributed by atoms with Crippen LogP contribution in [0.15, 0.2) is 24.4 Å². The third kappa shape index (κ3) is 2.41. The molecule has 5 heteroatoms. The van der Waals surface area contributed by atoms with Crippen LogP contribution >= 0.6 is 0 Å². The fourth-order valence-corrected chi connectivity index (χ4v) is 2.82. The molecular formula is C15H18FN3O. The van der Waals surface area contributed by atoms with Gasteiger partial charge < -0.3 is 10.4 Å². The molecule has 1 heterocycles. The van der Waals surface area contributed by atoms with Crippen molar-refractivity contribution < 1.29 is 9.50 Å². The average Bonchev–Trinajstić information content (AvgIpc) is 2.83. The molecule has 1 aromatic carbocycles. The number of hydrogen-bond acceptors (Lipinski definition) is 3. The van der Waals surface area contributed by atoms with Crippen molar-refractivity contribution in [1.29, 1.82) is 0 Å². The van der Waals surface area contributed by atoms with E-state index in [9.17, 15) is 9.50 Å². The summed E-state index contributed by atoms with van der Waals surface area (Å²) in [6, 6.07) is 4.76. The number of hydrogen-bond donors (Lipinski definition) is 2. The smallest absolute Gasteiger partial charge is 0.165 e. The summed E-state index contributed by atoms with van der Waals surface area (Å²) in [7, 11) is 1.97. The molecule has 0 spiro atoms. The van der Waals surface area contributed by atoms with Crippen molar-refractivity contribution in [1.82, 2.24) is 15.1 Å². The van der Waals surface area contributed by atoms with Crippen LogP contribution in [0.25, 0.3) is 0 Å². The molecule has 3 rings (SSSR count). The van der Waals surface area contributed by atoms with Crippen molar-refractivity contribution in [3.63, 3.8) is 0 Å². The number of nitrogens with one attached hydrogen (secondary N) is 1. The van der Waals surface area contributed by atoms with Gasteiger partial charge in [0, 0.05) is 30.9 Å². The van der Waals surface area contributed by atoms with Crippen LogP contribution in [0, 0.1) is 5.82 Å². The number of benzene rings is 1. The molecule has 0 amide bonds. The molecule has 1 atom stereocenters. The molecule has 106 valence electrons. The third-order valence-corrected chi connectivity index (χ3v) is 3.94. The minimum absolute atomic E-state index is 0.268. The SMILES string of the molecule is Cn1ncc2c1CCCC2NCc1ccc(O)c(F)c1. The molecule has 0 radical (unpaired) electrons. The molecule has 1 aliphatic rings. The average molecular weight is 275 g/mol. The fourth-order valence-electron chi connectivity index (χ4n) is 2.82. The van der Waals surface area contributed by atoms with E-state index in [4.69, 9.17) is 0 Å². The molecular weight excluding hydrogens is 257 g/mol. The number of halogens is 1. The van der Waals surface area contributed by atoms with Gasteiger partial charge in [0.2, 0.25) is 0 Å². The molecule has 4 nitrogen and oxygen atoms in total. The maximum Gasteiger partial charge on any atom is 0.165 e. The molecule has 0 bridgehead atoms. The first-order valence-electron chi connectivity index (χ1n) is 6.86. The van der Waals surface area contributed by atoms with E-state index in [0.717, 1.165) is 24.8 Å². The minimum Gasteiger partial charge on any atom is -0.505 e. The van der Waals surface area contributed by atoms with Gasteiger partial charge in [-0.3, -0.25) is 4.68 Å². The number of phenols is 1. The Morgan fingerprint density at radius 2 is 2.35 bits per heavy atom. The van der Waals surface area contributed by atoms with Crippen molar-refractivity contribution in [2.45, 2.75) is 31.8 Å². The highest BCUT2D eigenvalue weighted by atomic mass is 19.1. The van der Waals surface area contributed by atoms with Crippen molar-refractivity contribution in [3.05, 3.63) is 47.0 Å². The summed E-state index contributed by atoms with van der Waals surface area (Å²) in [6.45, 7) is 0.580. The quantitative estimate of drug-likeness (QED) is 0.904. The largest absolute Gasteiger partial charge is 0.505 e. The predicted octanol–water partition coefficient (Wildman–Crippen LogP) is 2.43. The highest BCUT2D eigenvalue weighted by Gasteiger charge is 2.22. The standard InChI is InChI=1S/C15H18FN3O/c1-19-14-4-2-3-13(11(14)9-18-19)17-8-10-5-6-15(20)12(16)7-10/h5-7,9,13,17,20H,2-4,8H2,1H3. The van der Waals surface area contributed by atoms with E-state index in [-0.39, 0.29) is 11.8 Å². The van der Waals surface area contributed by atoms with Crippen LogP contribution in [0.5, 0.6) is 5.75 Å². The van der Waals surface area contributed by atoms with Crippen LogP contribution in [-0.2, 0) is 20.0 Å². The number of aromatic hydroxyl groups is 1. The van der Waals surface area contributed by atoms with Gasteiger partial charge in [-0.2, -0.15) is 5.10 Å². The fraction of sp³-hybridized carbons (Fsp3) is 0.400. The minimum atomic E-state index is -0.574. The zero-order valence-corrected chi connectivity index (χ0v) is 11.4. The van der Waals surface area contributed by atoms with E-state index in [1.54, 1.807) is 6.07 Å². The Labute approximate surface area is 117 Å². The van der Waals surface area contributed by atoms with E-state index >= 15 is 0 Å². The lowest BCUT2D eigenvalue weighted by Gasteiger charge is -2.24. The first-order valence-corrected chi connectivity index (χ1v) is 6.86. The van der Waals surface area contributed by atoms with Crippen LogP contribution in [0.1, 0.15) is 35.7 Å². The topological polar surface area (TPSA) is 50.1 Å². The number of phenolic OH excluding ortho intramolecular Hbond substituents is 1. The lowest BCUT2D eigenvalue weighted by molar-refractivity contribution is 0.429. The Bertz CT molecular complexity index is 624. The van der Waals surface area contributed by atoms with Gasteiger partial charge in [-0.15, -0.1) is 0 Å². The summed E-state index contributed by atoms with van der Waals surface area (Å²) in [5, 5.41) is 17.0. The number of aryl methyl sites for hydroxylation is 1. The van der Waals surface area contributed by atoms with E-state index in [1.165, 1.54) is 23.4 Å².